The van der Waals surface area contributed by atoms with Gasteiger partial charge in [-0.25, -0.2) is 0 Å². The van der Waals surface area contributed by atoms with Crippen molar-refractivity contribution in [3.05, 3.63) is 35.4 Å². The molecule has 1 aromatic carbocycles. The Morgan fingerprint density at radius 3 is 2.58 bits per heavy atom. The van der Waals surface area contributed by atoms with E-state index in [2.05, 4.69) is 43.6 Å². The van der Waals surface area contributed by atoms with Crippen LogP contribution in [-0.2, 0) is 6.42 Å². The number of rotatable bonds is 4. The van der Waals surface area contributed by atoms with Crippen LogP contribution in [0.1, 0.15) is 56.1 Å². The van der Waals surface area contributed by atoms with Crippen molar-refractivity contribution < 1.29 is 0 Å². The Morgan fingerprint density at radius 2 is 1.89 bits per heavy atom. The highest BCUT2D eigenvalue weighted by atomic mass is 14.9. The third-order valence-electron chi connectivity index (χ3n) is 5.50. The van der Waals surface area contributed by atoms with Gasteiger partial charge >= 0.3 is 0 Å². The molecule has 2 atom stereocenters. The summed E-state index contributed by atoms with van der Waals surface area (Å²) in [5.74, 6) is 2.68. The van der Waals surface area contributed by atoms with Gasteiger partial charge < -0.3 is 5.32 Å². The number of benzene rings is 1. The highest BCUT2D eigenvalue weighted by molar-refractivity contribution is 5.39. The first kappa shape index (κ1) is 13.2. The first-order valence-electron chi connectivity index (χ1n) is 8.03. The molecule has 104 valence electrons. The molecule has 1 heteroatoms. The number of hydrogen-bond acceptors (Lipinski definition) is 1. The monoisotopic (exact) mass is 257 g/mol. The lowest BCUT2D eigenvalue weighted by molar-refractivity contribution is 0.219. The van der Waals surface area contributed by atoms with Gasteiger partial charge in [0.1, 0.15) is 0 Å². The van der Waals surface area contributed by atoms with E-state index < -0.39 is 0 Å². The lowest BCUT2D eigenvalue weighted by atomic mass is 9.70. The molecule has 1 N–H and O–H groups in total. The minimum absolute atomic E-state index is 0.728. The summed E-state index contributed by atoms with van der Waals surface area (Å²) in [6.45, 7) is 2.41. The minimum Gasteiger partial charge on any atom is -0.317 e. The van der Waals surface area contributed by atoms with Crippen molar-refractivity contribution in [2.75, 3.05) is 7.05 Å². The van der Waals surface area contributed by atoms with E-state index >= 15 is 0 Å². The highest BCUT2D eigenvalue weighted by Gasteiger charge is 2.31. The summed E-state index contributed by atoms with van der Waals surface area (Å²) in [7, 11) is 2.16. The third kappa shape index (κ3) is 2.72. The Balaban J connectivity index is 1.59. The van der Waals surface area contributed by atoms with Gasteiger partial charge in [0.05, 0.1) is 0 Å². The summed E-state index contributed by atoms with van der Waals surface area (Å²) >= 11 is 0. The topological polar surface area (TPSA) is 12.0 Å². The van der Waals surface area contributed by atoms with Crippen LogP contribution in [0.15, 0.2) is 24.3 Å². The Bertz CT molecular complexity index is 417. The van der Waals surface area contributed by atoms with Crippen molar-refractivity contribution in [3.63, 3.8) is 0 Å². The van der Waals surface area contributed by atoms with Gasteiger partial charge in [-0.3, -0.25) is 0 Å². The molecule has 2 aliphatic rings. The fourth-order valence-electron chi connectivity index (χ4n) is 4.11. The van der Waals surface area contributed by atoms with E-state index in [4.69, 9.17) is 0 Å². The maximum atomic E-state index is 3.62. The van der Waals surface area contributed by atoms with Gasteiger partial charge in [-0.05, 0) is 61.6 Å². The second kappa shape index (κ2) is 5.66. The maximum absolute atomic E-state index is 3.62. The van der Waals surface area contributed by atoms with Crippen molar-refractivity contribution in [2.24, 2.45) is 11.8 Å². The fourth-order valence-corrected chi connectivity index (χ4v) is 4.11. The van der Waals surface area contributed by atoms with Gasteiger partial charge in [-0.1, -0.05) is 44.0 Å². The normalized spacial score (nSPS) is 31.4. The SMILES string of the molecule is CNC(CC1Cc2ccccc21)C1CCC(C)CC1. The van der Waals surface area contributed by atoms with E-state index in [0.717, 1.165) is 23.8 Å². The predicted molar refractivity (Wildman–Crippen MR) is 81.5 cm³/mol. The lowest BCUT2D eigenvalue weighted by Crippen LogP contribution is -2.38. The third-order valence-corrected chi connectivity index (χ3v) is 5.50. The summed E-state index contributed by atoms with van der Waals surface area (Å²) < 4.78 is 0. The summed E-state index contributed by atoms with van der Waals surface area (Å²) in [5, 5.41) is 3.62. The van der Waals surface area contributed by atoms with Crippen LogP contribution in [0.5, 0.6) is 0 Å². The van der Waals surface area contributed by atoms with Crippen LogP contribution in [-0.4, -0.2) is 13.1 Å². The minimum atomic E-state index is 0.728. The molecule has 1 saturated carbocycles. The Labute approximate surface area is 117 Å². The molecule has 0 heterocycles. The summed E-state index contributed by atoms with van der Waals surface area (Å²) in [6, 6.07) is 9.72. The molecule has 1 aromatic rings. The molecule has 0 bridgehead atoms. The standard InChI is InChI=1S/C18H27N/c1-13-7-9-14(10-8-13)18(19-2)12-16-11-15-5-3-4-6-17(15)16/h3-6,13-14,16,18-19H,7-12H2,1-2H3. The van der Waals surface area contributed by atoms with Crippen LogP contribution >= 0.6 is 0 Å². The zero-order chi connectivity index (χ0) is 13.2. The number of fused-ring (bicyclic) bond motifs is 1. The molecule has 2 aliphatic carbocycles. The Morgan fingerprint density at radius 1 is 1.16 bits per heavy atom. The van der Waals surface area contributed by atoms with Gasteiger partial charge in [0.25, 0.3) is 0 Å². The average Bonchev–Trinajstić information content (AvgIpc) is 2.42. The Hall–Kier alpha value is -0.820. The van der Waals surface area contributed by atoms with E-state index in [1.54, 1.807) is 11.1 Å². The highest BCUT2D eigenvalue weighted by Crippen LogP contribution is 2.40. The van der Waals surface area contributed by atoms with Crippen LogP contribution < -0.4 is 5.32 Å². The van der Waals surface area contributed by atoms with Gasteiger partial charge in [-0.15, -0.1) is 0 Å². The van der Waals surface area contributed by atoms with Crippen LogP contribution in [0.25, 0.3) is 0 Å². The van der Waals surface area contributed by atoms with Crippen molar-refractivity contribution in [2.45, 2.75) is 57.4 Å². The van der Waals surface area contributed by atoms with Crippen LogP contribution in [0, 0.1) is 11.8 Å². The molecule has 0 spiro atoms. The second-order valence-corrected chi connectivity index (χ2v) is 6.75. The van der Waals surface area contributed by atoms with Gasteiger partial charge in [0.15, 0.2) is 0 Å². The zero-order valence-corrected chi connectivity index (χ0v) is 12.4. The molecular weight excluding hydrogens is 230 g/mol. The summed E-state index contributed by atoms with van der Waals surface area (Å²) in [5.41, 5.74) is 3.20. The maximum Gasteiger partial charge on any atom is 0.00982 e. The van der Waals surface area contributed by atoms with E-state index in [0.29, 0.717) is 0 Å². The molecule has 1 fully saturated rings. The number of nitrogens with one attached hydrogen (secondary N) is 1. The van der Waals surface area contributed by atoms with E-state index in [1.165, 1.54) is 38.5 Å². The van der Waals surface area contributed by atoms with Gasteiger partial charge in [0, 0.05) is 6.04 Å². The quantitative estimate of drug-likeness (QED) is 0.855. The molecule has 0 saturated heterocycles. The van der Waals surface area contributed by atoms with Crippen LogP contribution in [0.4, 0.5) is 0 Å². The predicted octanol–water partition coefficient (Wildman–Crippen LogP) is 4.13. The summed E-state index contributed by atoms with van der Waals surface area (Å²) in [6.07, 6.45) is 8.38. The van der Waals surface area contributed by atoms with Crippen LogP contribution in [0.3, 0.4) is 0 Å². The molecule has 2 unspecified atom stereocenters. The van der Waals surface area contributed by atoms with E-state index in [-0.39, 0.29) is 0 Å². The van der Waals surface area contributed by atoms with E-state index in [9.17, 15) is 0 Å². The molecular formula is C18H27N. The largest absolute Gasteiger partial charge is 0.317 e. The molecule has 19 heavy (non-hydrogen) atoms. The van der Waals surface area contributed by atoms with Gasteiger partial charge in [-0.2, -0.15) is 0 Å². The molecule has 1 nitrogen and oxygen atoms in total. The molecule has 0 aromatic heterocycles. The molecule has 0 aliphatic heterocycles. The van der Waals surface area contributed by atoms with Crippen molar-refractivity contribution in [3.8, 4) is 0 Å². The zero-order valence-electron chi connectivity index (χ0n) is 12.4. The summed E-state index contributed by atoms with van der Waals surface area (Å²) in [4.78, 5) is 0. The van der Waals surface area contributed by atoms with Crippen molar-refractivity contribution >= 4 is 0 Å². The van der Waals surface area contributed by atoms with Gasteiger partial charge in [0.2, 0.25) is 0 Å². The van der Waals surface area contributed by atoms with Crippen LogP contribution in [0.2, 0.25) is 0 Å². The van der Waals surface area contributed by atoms with Crippen molar-refractivity contribution in [1.29, 1.82) is 0 Å². The number of hydrogen-bond donors (Lipinski definition) is 1. The fraction of sp³-hybridized carbons (Fsp3) is 0.667. The van der Waals surface area contributed by atoms with E-state index in [1.807, 2.05) is 0 Å². The first-order chi connectivity index (χ1) is 9.28. The molecule has 3 rings (SSSR count). The Kier molecular flexibility index (Phi) is 3.93. The second-order valence-electron chi connectivity index (χ2n) is 6.75. The smallest absolute Gasteiger partial charge is 0.00982 e. The molecule has 0 amide bonds. The first-order valence-corrected chi connectivity index (χ1v) is 8.03. The van der Waals surface area contributed by atoms with Crippen molar-refractivity contribution in [1.82, 2.24) is 5.32 Å². The average molecular weight is 257 g/mol. The molecule has 0 radical (unpaired) electrons. The lowest BCUT2D eigenvalue weighted by Gasteiger charge is -2.38.